The van der Waals surface area contributed by atoms with Crippen LogP contribution < -0.4 is 4.90 Å². The minimum Gasteiger partial charge on any atom is -0.480 e. The van der Waals surface area contributed by atoms with Crippen molar-refractivity contribution >= 4 is 17.7 Å². The minimum absolute atomic E-state index is 0.00763. The van der Waals surface area contributed by atoms with Crippen molar-refractivity contribution < 1.29 is 33.8 Å². The normalized spacial score (nSPS) is 23.7. The first-order chi connectivity index (χ1) is 14.8. The first-order valence-corrected chi connectivity index (χ1v) is 10.7. The van der Waals surface area contributed by atoms with E-state index in [1.54, 1.807) is 20.3 Å². The number of rotatable bonds is 8. The number of likely N-dealkylation sites (tertiary alicyclic amines) is 1. The molecular formula is C21H33N3O7. The van der Waals surface area contributed by atoms with Crippen LogP contribution in [0.5, 0.6) is 0 Å². The van der Waals surface area contributed by atoms with Crippen molar-refractivity contribution in [3.63, 3.8) is 0 Å². The van der Waals surface area contributed by atoms with Crippen LogP contribution in [0.3, 0.4) is 0 Å². The number of anilines is 1. The molecule has 1 amide bonds. The number of carbonyl (C=O) groups is 2. The standard InChI is InChI=1S/C21H33N3O7/c1-12(2)18(19(26)24-11-14(25)9-15(24)20(27)28)16-10-17(22-31-16)23-7-5-13(6-8-23)21(29-3)30-4/h10,12-15,18,21,25H,5-9,11H2,1-4H3,(H,27,28)/t14-,15+,18+/m1/s1. The van der Waals surface area contributed by atoms with E-state index in [4.69, 9.17) is 14.0 Å². The predicted octanol–water partition coefficient (Wildman–Crippen LogP) is 1.30. The zero-order chi connectivity index (χ0) is 22.7. The van der Waals surface area contributed by atoms with Crippen molar-refractivity contribution in [2.45, 2.75) is 57.5 Å². The fourth-order valence-electron chi connectivity index (χ4n) is 4.66. The Morgan fingerprint density at radius 2 is 1.87 bits per heavy atom. The molecule has 174 valence electrons. The molecule has 3 heterocycles. The van der Waals surface area contributed by atoms with Crippen LogP contribution in [0.2, 0.25) is 0 Å². The van der Waals surface area contributed by atoms with Crippen LogP contribution in [-0.4, -0.2) is 84.4 Å². The van der Waals surface area contributed by atoms with Gasteiger partial charge >= 0.3 is 5.97 Å². The van der Waals surface area contributed by atoms with Gasteiger partial charge in [0, 0.05) is 52.3 Å². The fourth-order valence-corrected chi connectivity index (χ4v) is 4.66. The zero-order valence-corrected chi connectivity index (χ0v) is 18.6. The monoisotopic (exact) mass is 439 g/mol. The topological polar surface area (TPSA) is 126 Å². The average molecular weight is 440 g/mol. The van der Waals surface area contributed by atoms with Gasteiger partial charge in [-0.25, -0.2) is 4.79 Å². The van der Waals surface area contributed by atoms with E-state index < -0.39 is 24.0 Å². The number of amides is 1. The molecule has 1 aromatic heterocycles. The van der Waals surface area contributed by atoms with E-state index in [0.717, 1.165) is 25.9 Å². The molecule has 0 radical (unpaired) electrons. The number of aromatic nitrogens is 1. The molecule has 10 nitrogen and oxygen atoms in total. The van der Waals surface area contributed by atoms with E-state index in [9.17, 15) is 19.8 Å². The fraction of sp³-hybridized carbons (Fsp3) is 0.762. The van der Waals surface area contributed by atoms with E-state index in [2.05, 4.69) is 10.1 Å². The molecule has 2 aliphatic heterocycles. The van der Waals surface area contributed by atoms with Crippen molar-refractivity contribution in [1.82, 2.24) is 10.1 Å². The average Bonchev–Trinajstić information content (AvgIpc) is 3.36. The summed E-state index contributed by atoms with van der Waals surface area (Å²) in [6, 6.07) is 0.745. The highest BCUT2D eigenvalue weighted by atomic mass is 16.7. The lowest BCUT2D eigenvalue weighted by molar-refractivity contribution is -0.149. The minimum atomic E-state index is -1.11. The van der Waals surface area contributed by atoms with Gasteiger partial charge in [0.15, 0.2) is 17.9 Å². The third kappa shape index (κ3) is 5.02. The number of hydrogen-bond donors (Lipinski definition) is 2. The Morgan fingerprint density at radius 1 is 1.23 bits per heavy atom. The number of hydrogen-bond acceptors (Lipinski definition) is 8. The Bertz CT molecular complexity index is 756. The van der Waals surface area contributed by atoms with Gasteiger partial charge in [0.05, 0.1) is 6.10 Å². The summed E-state index contributed by atoms with van der Waals surface area (Å²) < 4.78 is 16.3. The molecule has 0 saturated carbocycles. The first kappa shape index (κ1) is 23.5. The van der Waals surface area contributed by atoms with Gasteiger partial charge in [-0.3, -0.25) is 4.79 Å². The van der Waals surface area contributed by atoms with Crippen LogP contribution in [0.15, 0.2) is 10.6 Å². The molecule has 2 fully saturated rings. The molecule has 0 aliphatic carbocycles. The van der Waals surface area contributed by atoms with Gasteiger partial charge in [-0.2, -0.15) is 0 Å². The van der Waals surface area contributed by atoms with E-state index in [1.165, 1.54) is 4.90 Å². The Balaban J connectivity index is 1.72. The summed E-state index contributed by atoms with van der Waals surface area (Å²) in [4.78, 5) is 28.1. The number of carboxylic acids is 1. The molecule has 0 unspecified atom stereocenters. The molecule has 2 aliphatic rings. The van der Waals surface area contributed by atoms with E-state index >= 15 is 0 Å². The van der Waals surface area contributed by atoms with Crippen LogP contribution in [0.25, 0.3) is 0 Å². The third-order valence-corrected chi connectivity index (χ3v) is 6.32. The lowest BCUT2D eigenvalue weighted by Gasteiger charge is -2.34. The Hall–Kier alpha value is -2.17. The highest BCUT2D eigenvalue weighted by Crippen LogP contribution is 2.33. The van der Waals surface area contributed by atoms with E-state index in [1.807, 2.05) is 13.8 Å². The second-order valence-corrected chi connectivity index (χ2v) is 8.71. The summed E-state index contributed by atoms with van der Waals surface area (Å²) in [7, 11) is 3.28. The van der Waals surface area contributed by atoms with Crippen LogP contribution in [0.1, 0.15) is 44.8 Å². The summed E-state index contributed by atoms with van der Waals surface area (Å²) in [5.41, 5.74) is 0. The number of methoxy groups -OCH3 is 2. The van der Waals surface area contributed by atoms with Crippen molar-refractivity contribution in [3.05, 3.63) is 11.8 Å². The number of ether oxygens (including phenoxy) is 2. The van der Waals surface area contributed by atoms with Crippen LogP contribution in [0, 0.1) is 11.8 Å². The number of carboxylic acid groups (broad SMARTS) is 1. The van der Waals surface area contributed by atoms with Gasteiger partial charge in [0.25, 0.3) is 0 Å². The summed E-state index contributed by atoms with van der Waals surface area (Å²) in [6.45, 7) is 5.30. The molecule has 3 atom stereocenters. The number of aliphatic carboxylic acids is 1. The highest BCUT2D eigenvalue weighted by Gasteiger charge is 2.43. The first-order valence-electron chi connectivity index (χ1n) is 10.7. The Labute approximate surface area is 182 Å². The highest BCUT2D eigenvalue weighted by molar-refractivity contribution is 5.88. The number of β-amino-alcohol motifs (C(OH)–C–C–N with tert-alkyl or cyclic N) is 1. The quantitative estimate of drug-likeness (QED) is 0.576. The van der Waals surface area contributed by atoms with Crippen LogP contribution in [-0.2, 0) is 19.1 Å². The maximum Gasteiger partial charge on any atom is 0.326 e. The van der Waals surface area contributed by atoms with Crippen LogP contribution in [0.4, 0.5) is 5.82 Å². The molecule has 31 heavy (non-hydrogen) atoms. The maximum atomic E-state index is 13.2. The summed E-state index contributed by atoms with van der Waals surface area (Å²) in [6.07, 6.45) is 0.732. The van der Waals surface area contributed by atoms with Gasteiger partial charge in [-0.1, -0.05) is 19.0 Å². The van der Waals surface area contributed by atoms with Crippen molar-refractivity contribution in [2.24, 2.45) is 11.8 Å². The molecule has 10 heteroatoms. The Morgan fingerprint density at radius 3 is 2.42 bits per heavy atom. The molecule has 0 aromatic carbocycles. The molecule has 3 rings (SSSR count). The molecule has 0 spiro atoms. The second kappa shape index (κ2) is 9.97. The van der Waals surface area contributed by atoms with Crippen LogP contribution >= 0.6 is 0 Å². The molecular weight excluding hydrogens is 406 g/mol. The number of carbonyl (C=O) groups excluding carboxylic acids is 1. The second-order valence-electron chi connectivity index (χ2n) is 8.71. The lowest BCUT2D eigenvalue weighted by atomic mass is 9.91. The van der Waals surface area contributed by atoms with Crippen molar-refractivity contribution in [1.29, 1.82) is 0 Å². The summed E-state index contributed by atoms with van der Waals surface area (Å²) >= 11 is 0. The predicted molar refractivity (Wildman–Crippen MR) is 111 cm³/mol. The summed E-state index contributed by atoms with van der Waals surface area (Å²) in [5, 5.41) is 23.5. The molecule has 2 N–H and O–H groups in total. The number of piperidine rings is 1. The number of aliphatic hydroxyl groups is 1. The molecule has 0 bridgehead atoms. The maximum absolute atomic E-state index is 13.2. The summed E-state index contributed by atoms with van der Waals surface area (Å²) in [5.74, 6) is -0.893. The van der Waals surface area contributed by atoms with Gasteiger partial charge < -0.3 is 34.0 Å². The van der Waals surface area contributed by atoms with E-state index in [-0.39, 0.29) is 31.1 Å². The van der Waals surface area contributed by atoms with Gasteiger partial charge in [0.2, 0.25) is 5.91 Å². The molecule has 1 aromatic rings. The van der Waals surface area contributed by atoms with Crippen molar-refractivity contribution in [2.75, 3.05) is 38.8 Å². The third-order valence-electron chi connectivity index (χ3n) is 6.32. The zero-order valence-electron chi connectivity index (χ0n) is 18.6. The van der Waals surface area contributed by atoms with Gasteiger partial charge in [-0.15, -0.1) is 0 Å². The smallest absolute Gasteiger partial charge is 0.326 e. The largest absolute Gasteiger partial charge is 0.480 e. The van der Waals surface area contributed by atoms with Gasteiger partial charge in [-0.05, 0) is 18.8 Å². The SMILES string of the molecule is COC(OC)C1CCN(c2cc([C@@H](C(=O)N3C[C@H](O)C[C@H]3C(=O)O)C(C)C)on2)CC1. The lowest BCUT2D eigenvalue weighted by Crippen LogP contribution is -2.44. The number of aliphatic hydroxyl groups excluding tert-OH is 1. The Kier molecular flexibility index (Phi) is 7.55. The molecule has 2 saturated heterocycles. The number of nitrogens with zero attached hydrogens (tertiary/aromatic N) is 3. The van der Waals surface area contributed by atoms with Crippen molar-refractivity contribution in [3.8, 4) is 0 Å². The van der Waals surface area contributed by atoms with E-state index in [0.29, 0.717) is 17.5 Å². The van der Waals surface area contributed by atoms with Gasteiger partial charge in [0.1, 0.15) is 12.0 Å².